The molecule has 0 radical (unpaired) electrons. The number of nitrogens with one attached hydrogen (secondary N) is 3. The summed E-state index contributed by atoms with van der Waals surface area (Å²) in [5, 5.41) is 16.2. The first kappa shape index (κ1) is 29.4. The number of nitriles is 1. The van der Waals surface area contributed by atoms with Crippen molar-refractivity contribution in [1.82, 2.24) is 20.3 Å². The smallest absolute Gasteiger partial charge is 0.419 e. The second-order valence-corrected chi connectivity index (χ2v) is 14.5. The number of rotatable bonds is 5. The average molecular weight is 577 g/mol. The van der Waals surface area contributed by atoms with Gasteiger partial charge < -0.3 is 24.9 Å². The number of nitrogens with zero attached hydrogens (tertiary/aromatic N) is 3. The minimum absolute atomic E-state index is 0.0193. The van der Waals surface area contributed by atoms with Crippen molar-refractivity contribution in [3.05, 3.63) is 35.7 Å². The maximum absolute atomic E-state index is 14.1. The summed E-state index contributed by atoms with van der Waals surface area (Å²) in [7, 11) is -2.96. The van der Waals surface area contributed by atoms with Crippen LogP contribution in [0, 0.1) is 11.3 Å². The number of alkyl halides is 3. The molecule has 13 heteroatoms. The van der Waals surface area contributed by atoms with Crippen LogP contribution >= 0.6 is 7.14 Å². The monoisotopic (exact) mass is 576 g/mol. The van der Waals surface area contributed by atoms with Crippen LogP contribution in [0.1, 0.15) is 57.6 Å². The fraction of sp³-hybridized carbons (Fsp3) is 0.481. The van der Waals surface area contributed by atoms with E-state index in [4.69, 9.17) is 4.74 Å². The number of fused-ring (bicyclic) bond motifs is 1. The Balaban J connectivity index is 1.67. The molecule has 0 saturated heterocycles. The van der Waals surface area contributed by atoms with Gasteiger partial charge in [-0.1, -0.05) is 6.07 Å². The number of alkyl carbamates (subject to hydrolysis) is 1. The predicted molar refractivity (Wildman–Crippen MR) is 147 cm³/mol. The minimum Gasteiger partial charge on any atom is -0.444 e. The highest BCUT2D eigenvalue weighted by molar-refractivity contribution is 7.70. The lowest BCUT2D eigenvalue weighted by Crippen LogP contribution is -2.44. The predicted octanol–water partition coefficient (Wildman–Crippen LogP) is 6.01. The standard InChI is InChI=1S/C27H32F3N6O3P/c1-26(2,3)39-25(37)35-17-8-6-7-16(11-17)34-24-33-14-20(27(28,29)30)21(36-24)19-13-32-22-18(19)10-9-15(12-31)23(22)40(4,5)38/h9-10,13-14,16-17,32H,6-8,11H2,1-5H3,(H,35,37)(H,33,34,36)/t16-,17-/m0/s1. The molecule has 0 spiro atoms. The second-order valence-electron chi connectivity index (χ2n) is 11.4. The number of H-pyrrole nitrogens is 1. The highest BCUT2D eigenvalue weighted by atomic mass is 31.2. The highest BCUT2D eigenvalue weighted by Crippen LogP contribution is 2.43. The molecule has 1 aliphatic carbocycles. The lowest BCUT2D eigenvalue weighted by atomic mass is 9.91. The Morgan fingerprint density at radius 3 is 2.52 bits per heavy atom. The Morgan fingerprint density at radius 1 is 1.20 bits per heavy atom. The van der Waals surface area contributed by atoms with Crippen molar-refractivity contribution in [2.45, 2.75) is 70.3 Å². The first-order valence-electron chi connectivity index (χ1n) is 12.9. The number of carbonyl (C=O) groups excluding carboxylic acids is 1. The van der Waals surface area contributed by atoms with Crippen LogP contribution in [-0.2, 0) is 15.5 Å². The maximum atomic E-state index is 14.1. The quantitative estimate of drug-likeness (QED) is 0.317. The second kappa shape index (κ2) is 10.8. The van der Waals surface area contributed by atoms with Gasteiger partial charge >= 0.3 is 12.3 Å². The summed E-state index contributed by atoms with van der Waals surface area (Å²) in [5.74, 6) is 0.0193. The van der Waals surface area contributed by atoms with Gasteiger partial charge in [0.2, 0.25) is 5.95 Å². The molecule has 2 atom stereocenters. The summed E-state index contributed by atoms with van der Waals surface area (Å²) in [4.78, 5) is 23.4. The number of hydrogen-bond acceptors (Lipinski definition) is 7. The van der Waals surface area contributed by atoms with Crippen LogP contribution < -0.4 is 15.9 Å². The molecule has 0 bridgehead atoms. The number of benzene rings is 1. The van der Waals surface area contributed by atoms with E-state index in [1.165, 1.54) is 31.7 Å². The van der Waals surface area contributed by atoms with Crippen LogP contribution in [0.4, 0.5) is 23.9 Å². The molecule has 0 unspecified atom stereocenters. The van der Waals surface area contributed by atoms with Gasteiger partial charge in [0.05, 0.1) is 28.1 Å². The molecule has 214 valence electrons. The van der Waals surface area contributed by atoms with Crippen LogP contribution in [0.25, 0.3) is 22.2 Å². The molecule has 1 amide bonds. The molecule has 1 aromatic carbocycles. The number of amides is 1. The van der Waals surface area contributed by atoms with Gasteiger partial charge in [-0.25, -0.2) is 14.8 Å². The number of aromatic amines is 1. The molecule has 40 heavy (non-hydrogen) atoms. The Bertz CT molecular complexity index is 1520. The van der Waals surface area contributed by atoms with E-state index in [1.807, 2.05) is 6.07 Å². The van der Waals surface area contributed by atoms with Gasteiger partial charge in [-0.2, -0.15) is 18.4 Å². The van der Waals surface area contributed by atoms with Crippen molar-refractivity contribution in [1.29, 1.82) is 5.26 Å². The molecule has 1 aliphatic rings. The Labute approximate surface area is 230 Å². The van der Waals surface area contributed by atoms with Crippen LogP contribution in [0.3, 0.4) is 0 Å². The highest BCUT2D eigenvalue weighted by Gasteiger charge is 2.37. The number of anilines is 1. The van der Waals surface area contributed by atoms with E-state index in [2.05, 4.69) is 25.6 Å². The average Bonchev–Trinajstić information content (AvgIpc) is 3.24. The van der Waals surface area contributed by atoms with E-state index in [1.54, 1.807) is 20.8 Å². The van der Waals surface area contributed by atoms with Crippen molar-refractivity contribution in [2.24, 2.45) is 0 Å². The van der Waals surface area contributed by atoms with Gasteiger partial charge in [0.15, 0.2) is 0 Å². The summed E-state index contributed by atoms with van der Waals surface area (Å²) in [6, 6.07) is 4.65. The van der Waals surface area contributed by atoms with Gasteiger partial charge in [0.1, 0.15) is 18.3 Å². The maximum Gasteiger partial charge on any atom is 0.419 e. The van der Waals surface area contributed by atoms with E-state index >= 15 is 0 Å². The van der Waals surface area contributed by atoms with Gasteiger partial charge in [-0.05, 0) is 65.9 Å². The summed E-state index contributed by atoms with van der Waals surface area (Å²) in [6.45, 7) is 8.34. The van der Waals surface area contributed by atoms with E-state index in [0.29, 0.717) is 17.3 Å². The molecule has 0 aliphatic heterocycles. The molecule has 4 rings (SSSR count). The summed E-state index contributed by atoms with van der Waals surface area (Å²) in [6.07, 6.45) is -0.343. The molecular formula is C27H32F3N6O3P. The van der Waals surface area contributed by atoms with Gasteiger partial charge in [0, 0.05) is 35.4 Å². The van der Waals surface area contributed by atoms with E-state index < -0.39 is 30.6 Å². The van der Waals surface area contributed by atoms with Crippen molar-refractivity contribution >= 4 is 35.4 Å². The first-order chi connectivity index (χ1) is 18.6. The Hall–Kier alpha value is -3.58. The number of halogens is 3. The zero-order valence-corrected chi connectivity index (χ0v) is 23.8. The Kier molecular flexibility index (Phi) is 7.92. The molecule has 2 heterocycles. The minimum atomic E-state index is -4.73. The zero-order valence-electron chi connectivity index (χ0n) is 22.9. The van der Waals surface area contributed by atoms with Crippen LogP contribution in [0.2, 0.25) is 0 Å². The van der Waals surface area contributed by atoms with Crippen molar-refractivity contribution in [3.8, 4) is 17.3 Å². The molecular weight excluding hydrogens is 544 g/mol. The SMILES string of the molecule is CC(C)(C)OC(=O)N[C@H]1CCC[C@H](Nc2ncc(C(F)(F)F)c(-c3c[nH]c4c(P(C)(C)=O)c(C#N)ccc34)n2)C1. The van der Waals surface area contributed by atoms with Gasteiger partial charge in [-0.3, -0.25) is 0 Å². The number of carbonyl (C=O) groups is 1. The van der Waals surface area contributed by atoms with E-state index in [9.17, 15) is 27.8 Å². The molecule has 2 aromatic heterocycles. The van der Waals surface area contributed by atoms with Gasteiger partial charge in [0.25, 0.3) is 0 Å². The van der Waals surface area contributed by atoms with Crippen LogP contribution in [0.15, 0.2) is 24.5 Å². The third-order valence-corrected chi connectivity index (χ3v) is 8.11. The number of ether oxygens (including phenoxy) is 1. The fourth-order valence-electron chi connectivity index (χ4n) is 5.00. The van der Waals surface area contributed by atoms with E-state index in [0.717, 1.165) is 25.5 Å². The number of aromatic nitrogens is 3. The third-order valence-electron chi connectivity index (χ3n) is 6.57. The van der Waals surface area contributed by atoms with Crippen molar-refractivity contribution in [3.63, 3.8) is 0 Å². The van der Waals surface area contributed by atoms with Crippen molar-refractivity contribution < 1.29 is 27.3 Å². The third kappa shape index (κ3) is 6.58. The lowest BCUT2D eigenvalue weighted by Gasteiger charge is -2.31. The van der Waals surface area contributed by atoms with Crippen LogP contribution in [-0.4, -0.2) is 52.1 Å². The largest absolute Gasteiger partial charge is 0.444 e. The normalized spacial score (nSPS) is 18.3. The lowest BCUT2D eigenvalue weighted by molar-refractivity contribution is -0.137. The summed E-state index contributed by atoms with van der Waals surface area (Å²) in [5.41, 5.74) is -1.30. The molecule has 9 nitrogen and oxygen atoms in total. The Morgan fingerprint density at radius 2 is 1.90 bits per heavy atom. The molecule has 1 fully saturated rings. The van der Waals surface area contributed by atoms with E-state index in [-0.39, 0.29) is 40.2 Å². The molecule has 3 aromatic rings. The van der Waals surface area contributed by atoms with Crippen molar-refractivity contribution in [2.75, 3.05) is 18.6 Å². The molecule has 1 saturated carbocycles. The summed E-state index contributed by atoms with van der Waals surface area (Å²) < 4.78 is 60.5. The fourth-order valence-corrected chi connectivity index (χ4v) is 6.43. The molecule has 3 N–H and O–H groups in total. The van der Waals surface area contributed by atoms with Crippen LogP contribution in [0.5, 0.6) is 0 Å². The summed E-state index contributed by atoms with van der Waals surface area (Å²) >= 11 is 0. The first-order valence-corrected chi connectivity index (χ1v) is 15.5. The van der Waals surface area contributed by atoms with Gasteiger partial charge in [-0.15, -0.1) is 0 Å². The number of hydrogen-bond donors (Lipinski definition) is 3. The topological polar surface area (TPSA) is 133 Å². The zero-order chi connectivity index (χ0) is 29.5.